The van der Waals surface area contributed by atoms with Crippen LogP contribution in [0.4, 0.5) is 5.69 Å². The Morgan fingerprint density at radius 2 is 1.21 bits per heavy atom. The predicted octanol–water partition coefficient (Wildman–Crippen LogP) is 8.70. The first-order valence-electron chi connectivity index (χ1n) is 11.7. The minimum atomic E-state index is -0.264. The first kappa shape index (κ1) is 28.3. The number of hydrogen-bond acceptors (Lipinski definition) is 2. The second-order valence-corrected chi connectivity index (χ2v) is 8.50. The molecule has 0 fully saturated rings. The molecule has 0 saturated heterocycles. The molecule has 1 rings (SSSR count). The van der Waals surface area contributed by atoms with Crippen molar-refractivity contribution >= 4 is 34.9 Å². The summed E-state index contributed by atoms with van der Waals surface area (Å²) in [6.07, 6.45) is 20.7. The van der Waals surface area contributed by atoms with Crippen LogP contribution in [0.2, 0.25) is 0 Å². The number of nitrogens with one attached hydrogen (secondary N) is 1. The molecule has 29 heavy (non-hydrogen) atoms. The third kappa shape index (κ3) is 17.8. The topological polar surface area (TPSA) is 29.1 Å². The molecule has 0 saturated carbocycles. The van der Waals surface area contributed by atoms with Crippen molar-refractivity contribution in [2.75, 3.05) is 11.9 Å². The van der Waals surface area contributed by atoms with Crippen LogP contribution in [0.25, 0.3) is 0 Å². The number of anilines is 1. The van der Waals surface area contributed by atoms with E-state index < -0.39 is 0 Å². The van der Waals surface area contributed by atoms with Gasteiger partial charge in [0.25, 0.3) is 0 Å². The van der Waals surface area contributed by atoms with Crippen molar-refractivity contribution in [3.63, 3.8) is 0 Å². The lowest BCUT2D eigenvalue weighted by Crippen LogP contribution is -2.01. The molecule has 0 aliphatic rings. The van der Waals surface area contributed by atoms with Crippen LogP contribution in [0, 0.1) is 0 Å². The molecule has 4 heteroatoms. The highest BCUT2D eigenvalue weighted by atomic mass is 35.5. The smallest absolute Gasteiger partial charge is 0.221 e. The molecule has 1 aromatic carbocycles. The predicted molar refractivity (Wildman–Crippen MR) is 132 cm³/mol. The molecule has 0 unspecified atom stereocenters. The van der Waals surface area contributed by atoms with E-state index in [0.29, 0.717) is 6.42 Å². The van der Waals surface area contributed by atoms with Gasteiger partial charge in [0.1, 0.15) is 0 Å². The molecule has 168 valence electrons. The third-order valence-electron chi connectivity index (χ3n) is 5.42. The van der Waals surface area contributed by atoms with Crippen LogP contribution in [0.1, 0.15) is 109 Å². The summed E-state index contributed by atoms with van der Waals surface area (Å²) in [7, 11) is 0. The summed E-state index contributed by atoms with van der Waals surface area (Å²) in [5, 5.41) is 3.22. The van der Waals surface area contributed by atoms with Gasteiger partial charge in [-0.2, -0.15) is 0 Å². The van der Waals surface area contributed by atoms with Gasteiger partial charge in [-0.05, 0) is 42.1 Å². The summed E-state index contributed by atoms with van der Waals surface area (Å²) in [6, 6.07) is 8.34. The zero-order valence-corrected chi connectivity index (χ0v) is 20.1. The van der Waals surface area contributed by atoms with E-state index in [9.17, 15) is 4.79 Å². The van der Waals surface area contributed by atoms with Gasteiger partial charge >= 0.3 is 0 Å². The summed E-state index contributed by atoms with van der Waals surface area (Å²) in [5.41, 5.74) is 2.33. The molecule has 0 spiro atoms. The Bertz CT molecular complexity index is 490. The summed E-state index contributed by atoms with van der Waals surface area (Å²) in [5.74, 6) is 0. The maximum absolute atomic E-state index is 10.8. The summed E-state index contributed by atoms with van der Waals surface area (Å²) < 4.78 is 0. The van der Waals surface area contributed by atoms with Crippen molar-refractivity contribution in [3.05, 3.63) is 29.8 Å². The summed E-state index contributed by atoms with van der Waals surface area (Å²) in [4.78, 5) is 10.8. The molecule has 0 bridgehead atoms. The first-order chi connectivity index (χ1) is 13.7. The van der Waals surface area contributed by atoms with Crippen LogP contribution < -0.4 is 5.32 Å². The number of aryl methyl sites for hydroxylation is 1. The number of carbonyl (C=O) groups is 1. The first-order valence-corrected chi connectivity index (χ1v) is 12.1. The van der Waals surface area contributed by atoms with Gasteiger partial charge in [-0.25, -0.2) is 0 Å². The second kappa shape index (κ2) is 20.5. The van der Waals surface area contributed by atoms with Crippen LogP contribution in [0.5, 0.6) is 0 Å². The fourth-order valence-electron chi connectivity index (χ4n) is 3.58. The molecule has 0 aromatic heterocycles. The highest BCUT2D eigenvalue weighted by molar-refractivity contribution is 6.63. The maximum atomic E-state index is 10.8. The molecular formula is C25H43Cl2NO. The van der Waals surface area contributed by atoms with Crippen LogP contribution in [0.15, 0.2) is 24.3 Å². The van der Waals surface area contributed by atoms with Crippen LogP contribution in [0.3, 0.4) is 0 Å². The van der Waals surface area contributed by atoms with Crippen molar-refractivity contribution in [3.8, 4) is 0 Å². The Hall–Kier alpha value is -0.730. The van der Waals surface area contributed by atoms with E-state index in [-0.39, 0.29) is 17.6 Å². The van der Waals surface area contributed by atoms with E-state index in [1.54, 1.807) is 0 Å². The van der Waals surface area contributed by atoms with Crippen molar-refractivity contribution in [1.29, 1.82) is 0 Å². The Kier molecular flexibility index (Phi) is 20.0. The zero-order valence-electron chi connectivity index (χ0n) is 18.5. The van der Waals surface area contributed by atoms with Crippen molar-refractivity contribution in [2.45, 2.75) is 110 Å². The lowest BCUT2D eigenvalue weighted by Gasteiger charge is -2.07. The van der Waals surface area contributed by atoms with Crippen LogP contribution >= 0.6 is 24.0 Å². The SMILES string of the molecule is CCCCCCCCCCCCCCCCNc1ccc(CCC(=O)Cl)cc1.Cl. The Balaban J connectivity index is 0.00000784. The Labute approximate surface area is 191 Å². The second-order valence-electron chi connectivity index (χ2n) is 8.08. The molecule has 0 heterocycles. The number of carbonyl (C=O) groups excluding carboxylic acids is 1. The number of rotatable bonds is 19. The van der Waals surface area contributed by atoms with Gasteiger partial charge in [-0.15, -0.1) is 12.4 Å². The third-order valence-corrected chi connectivity index (χ3v) is 5.61. The lowest BCUT2D eigenvalue weighted by molar-refractivity contribution is -0.111. The molecule has 0 atom stereocenters. The number of halogens is 2. The summed E-state index contributed by atoms with van der Waals surface area (Å²) >= 11 is 5.39. The highest BCUT2D eigenvalue weighted by Gasteiger charge is 1.99. The van der Waals surface area contributed by atoms with Crippen molar-refractivity contribution < 1.29 is 4.79 Å². The Morgan fingerprint density at radius 3 is 1.66 bits per heavy atom. The van der Waals surface area contributed by atoms with Crippen molar-refractivity contribution in [2.24, 2.45) is 0 Å². The molecule has 0 aliphatic heterocycles. The Morgan fingerprint density at radius 1 is 0.759 bits per heavy atom. The normalized spacial score (nSPS) is 10.6. The van der Waals surface area contributed by atoms with Gasteiger partial charge in [0.15, 0.2) is 0 Å². The minimum Gasteiger partial charge on any atom is -0.385 e. The number of unbranched alkanes of at least 4 members (excludes halogenated alkanes) is 13. The van der Waals surface area contributed by atoms with Gasteiger partial charge in [0, 0.05) is 18.7 Å². The molecule has 1 aromatic rings. The maximum Gasteiger partial charge on any atom is 0.221 e. The lowest BCUT2D eigenvalue weighted by atomic mass is 10.0. The summed E-state index contributed by atoms with van der Waals surface area (Å²) in [6.45, 7) is 3.32. The van der Waals surface area contributed by atoms with Gasteiger partial charge in [-0.1, -0.05) is 103 Å². The van der Waals surface area contributed by atoms with Crippen molar-refractivity contribution in [1.82, 2.24) is 0 Å². The van der Waals surface area contributed by atoms with E-state index in [1.165, 1.54) is 89.9 Å². The quantitative estimate of drug-likeness (QED) is 0.171. The molecule has 2 nitrogen and oxygen atoms in total. The van der Waals surface area contributed by atoms with Crippen LogP contribution in [-0.4, -0.2) is 11.8 Å². The van der Waals surface area contributed by atoms with Gasteiger partial charge in [-0.3, -0.25) is 4.79 Å². The van der Waals surface area contributed by atoms with E-state index in [2.05, 4.69) is 36.5 Å². The van der Waals surface area contributed by atoms with Gasteiger partial charge < -0.3 is 5.32 Å². The van der Waals surface area contributed by atoms with Crippen LogP contribution in [-0.2, 0) is 11.2 Å². The van der Waals surface area contributed by atoms with E-state index in [1.807, 2.05) is 0 Å². The fraction of sp³-hybridized carbons (Fsp3) is 0.720. The fourth-order valence-corrected chi connectivity index (χ4v) is 3.68. The van der Waals surface area contributed by atoms with Gasteiger partial charge in [0.2, 0.25) is 5.24 Å². The van der Waals surface area contributed by atoms with Gasteiger partial charge in [0.05, 0.1) is 0 Å². The standard InChI is InChI=1S/C25H42ClNO.ClH/c1-2-3-4-5-6-7-8-9-10-11-12-13-14-15-22-27-24-19-16-23(17-20-24)18-21-25(26)28;/h16-17,19-20,27H,2-15,18,21-22H2,1H3;1H. The molecule has 0 radical (unpaired) electrons. The molecule has 0 aliphatic carbocycles. The number of hydrogen-bond donors (Lipinski definition) is 1. The number of benzene rings is 1. The van der Waals surface area contributed by atoms with E-state index in [4.69, 9.17) is 11.6 Å². The largest absolute Gasteiger partial charge is 0.385 e. The monoisotopic (exact) mass is 443 g/mol. The van der Waals surface area contributed by atoms with E-state index in [0.717, 1.165) is 24.2 Å². The molecule has 1 N–H and O–H groups in total. The van der Waals surface area contributed by atoms with E-state index >= 15 is 0 Å². The minimum absolute atomic E-state index is 0. The average Bonchev–Trinajstić information content (AvgIpc) is 2.70. The average molecular weight is 445 g/mol. The molecule has 0 amide bonds. The molecular weight excluding hydrogens is 401 g/mol. The zero-order chi connectivity index (χ0) is 20.3. The highest BCUT2D eigenvalue weighted by Crippen LogP contribution is 2.14.